The van der Waals surface area contributed by atoms with Crippen LogP contribution in [-0.2, 0) is 28.4 Å². The number of carbonyl (C=O) groups excluding carboxylic acids is 1. The molecule has 0 aromatic carbocycles. The highest BCUT2D eigenvalue weighted by Gasteiger charge is 2.40. The lowest BCUT2D eigenvalue weighted by molar-refractivity contribution is -0.138. The van der Waals surface area contributed by atoms with Crippen molar-refractivity contribution in [2.45, 2.75) is 49.4 Å². The quantitative estimate of drug-likeness (QED) is 0.716. The van der Waals surface area contributed by atoms with Crippen molar-refractivity contribution in [3.63, 3.8) is 0 Å². The Morgan fingerprint density at radius 3 is 2.71 bits per heavy atom. The van der Waals surface area contributed by atoms with Gasteiger partial charge in [-0.3, -0.25) is 4.79 Å². The van der Waals surface area contributed by atoms with Crippen molar-refractivity contribution in [3.8, 4) is 0 Å². The molecule has 1 saturated carbocycles. The number of sulfonamides is 1. The van der Waals surface area contributed by atoms with E-state index in [0.717, 1.165) is 30.0 Å². The maximum absolute atomic E-state index is 13.3. The first-order valence-electron chi connectivity index (χ1n) is 9.69. The van der Waals surface area contributed by atoms with Crippen molar-refractivity contribution in [2.75, 3.05) is 13.1 Å². The topological polar surface area (TPSA) is 75.5 Å². The van der Waals surface area contributed by atoms with Crippen LogP contribution in [0.3, 0.4) is 0 Å². The van der Waals surface area contributed by atoms with E-state index in [-0.39, 0.29) is 24.4 Å². The van der Waals surface area contributed by atoms with Gasteiger partial charge in [0.1, 0.15) is 10.0 Å². The van der Waals surface area contributed by atoms with Gasteiger partial charge in [0, 0.05) is 43.4 Å². The van der Waals surface area contributed by atoms with Gasteiger partial charge < -0.3 is 9.47 Å². The van der Waals surface area contributed by atoms with Crippen LogP contribution in [0.4, 0.5) is 0 Å². The second-order valence-corrected chi connectivity index (χ2v) is 11.2. The molecule has 2 aromatic rings. The number of thiophene rings is 1. The van der Waals surface area contributed by atoms with Crippen molar-refractivity contribution in [2.24, 2.45) is 13.0 Å². The summed E-state index contributed by atoms with van der Waals surface area (Å²) in [4.78, 5) is 20.5. The van der Waals surface area contributed by atoms with Gasteiger partial charge in [-0.15, -0.1) is 11.3 Å². The molecule has 0 bridgehead atoms. The van der Waals surface area contributed by atoms with Gasteiger partial charge in [0.25, 0.3) is 10.0 Å². The number of rotatable bonds is 6. The van der Waals surface area contributed by atoms with Crippen LogP contribution in [0, 0.1) is 12.8 Å². The fourth-order valence-electron chi connectivity index (χ4n) is 3.75. The summed E-state index contributed by atoms with van der Waals surface area (Å²) in [7, 11) is -1.60. The molecule has 2 aliphatic rings. The minimum absolute atomic E-state index is 0.0627. The minimum atomic E-state index is -3.53. The molecule has 9 heteroatoms. The minimum Gasteiger partial charge on any atom is -0.337 e. The summed E-state index contributed by atoms with van der Waals surface area (Å²) in [6.45, 7) is 3.13. The Bertz CT molecular complexity index is 961. The van der Waals surface area contributed by atoms with Crippen LogP contribution in [0.15, 0.2) is 28.7 Å². The largest absolute Gasteiger partial charge is 0.337 e. The fourth-order valence-corrected chi connectivity index (χ4v) is 6.71. The van der Waals surface area contributed by atoms with E-state index in [0.29, 0.717) is 23.7 Å². The summed E-state index contributed by atoms with van der Waals surface area (Å²) < 4.78 is 29.8. The molecule has 28 heavy (non-hydrogen) atoms. The van der Waals surface area contributed by atoms with Gasteiger partial charge in [-0.05, 0) is 44.7 Å². The van der Waals surface area contributed by atoms with Crippen LogP contribution in [0.1, 0.15) is 36.4 Å². The number of amides is 1. The molecular weight excluding hydrogens is 396 g/mol. The first-order chi connectivity index (χ1) is 13.4. The molecule has 0 spiro atoms. The highest BCUT2D eigenvalue weighted by atomic mass is 32.2. The van der Waals surface area contributed by atoms with Crippen molar-refractivity contribution in [3.05, 3.63) is 35.2 Å². The van der Waals surface area contributed by atoms with E-state index in [9.17, 15) is 13.2 Å². The number of aryl methyl sites for hydroxylation is 2. The maximum atomic E-state index is 13.3. The maximum Gasteiger partial charge on any atom is 0.252 e. The molecule has 3 heterocycles. The monoisotopic (exact) mass is 422 g/mol. The third-order valence-electron chi connectivity index (χ3n) is 5.55. The Hall–Kier alpha value is -1.71. The Balaban J connectivity index is 1.50. The van der Waals surface area contributed by atoms with E-state index in [4.69, 9.17) is 0 Å². The summed E-state index contributed by atoms with van der Waals surface area (Å²) in [6, 6.07) is 3.75. The average Bonchev–Trinajstić information content (AvgIpc) is 3.30. The van der Waals surface area contributed by atoms with Crippen LogP contribution in [0.25, 0.3) is 0 Å². The number of carbonyl (C=O) groups is 1. The van der Waals surface area contributed by atoms with Crippen molar-refractivity contribution >= 4 is 27.3 Å². The number of imidazole rings is 1. The standard InChI is InChI=1S/C19H26N4O3S2/c1-14-5-8-18(27-14)28(25,26)22-10-3-4-15(12-22)19(24)23(16-6-7-16)13-17-20-9-11-21(17)2/h5,8-9,11,15-16H,3-4,6-7,10,12-13H2,1-2H3/t15-/m0/s1. The van der Waals surface area contributed by atoms with E-state index < -0.39 is 10.0 Å². The third-order valence-corrected chi connectivity index (χ3v) is 8.88. The van der Waals surface area contributed by atoms with Gasteiger partial charge >= 0.3 is 0 Å². The molecule has 1 atom stereocenters. The van der Waals surface area contributed by atoms with Crippen LogP contribution < -0.4 is 0 Å². The summed E-state index contributed by atoms with van der Waals surface area (Å²) in [5.74, 6) is 0.632. The van der Waals surface area contributed by atoms with Gasteiger partial charge in [-0.2, -0.15) is 4.31 Å². The Morgan fingerprint density at radius 2 is 2.11 bits per heavy atom. The second-order valence-electron chi connectivity index (χ2n) is 7.72. The molecular formula is C19H26N4O3S2. The zero-order valence-electron chi connectivity index (χ0n) is 16.2. The molecule has 0 unspecified atom stereocenters. The fraction of sp³-hybridized carbons (Fsp3) is 0.579. The number of nitrogens with zero attached hydrogens (tertiary/aromatic N) is 4. The summed E-state index contributed by atoms with van der Waals surface area (Å²) in [6.07, 6.45) is 7.09. The molecule has 7 nitrogen and oxygen atoms in total. The third kappa shape index (κ3) is 3.88. The Morgan fingerprint density at radius 1 is 1.32 bits per heavy atom. The van der Waals surface area contributed by atoms with E-state index in [1.54, 1.807) is 12.3 Å². The number of hydrogen-bond donors (Lipinski definition) is 0. The molecule has 2 fully saturated rings. The second kappa shape index (κ2) is 7.61. The molecule has 0 N–H and O–H groups in total. The SMILES string of the molecule is Cc1ccc(S(=O)(=O)N2CCC[C@H](C(=O)N(Cc3nccn3C)C3CC3)C2)s1. The van der Waals surface area contributed by atoms with E-state index in [1.807, 2.05) is 35.7 Å². The first-order valence-corrected chi connectivity index (χ1v) is 11.9. The molecule has 1 saturated heterocycles. The highest BCUT2D eigenvalue weighted by molar-refractivity contribution is 7.91. The van der Waals surface area contributed by atoms with Crippen LogP contribution >= 0.6 is 11.3 Å². The van der Waals surface area contributed by atoms with E-state index >= 15 is 0 Å². The predicted molar refractivity (Wildman–Crippen MR) is 107 cm³/mol. The lowest BCUT2D eigenvalue weighted by atomic mass is 9.98. The summed E-state index contributed by atoms with van der Waals surface area (Å²) in [5.41, 5.74) is 0. The molecule has 1 aliphatic heterocycles. The van der Waals surface area contributed by atoms with Crippen molar-refractivity contribution in [1.82, 2.24) is 18.8 Å². The average molecular weight is 423 g/mol. The number of piperidine rings is 1. The molecule has 2 aromatic heterocycles. The van der Waals surface area contributed by atoms with Gasteiger partial charge in [0.05, 0.1) is 12.5 Å². The van der Waals surface area contributed by atoms with Crippen LogP contribution in [-0.4, -0.2) is 52.2 Å². The predicted octanol–water partition coefficient (Wildman–Crippen LogP) is 2.38. The number of hydrogen-bond acceptors (Lipinski definition) is 5. The molecule has 4 rings (SSSR count). The molecule has 1 aliphatic carbocycles. The molecule has 152 valence electrons. The Kier molecular flexibility index (Phi) is 5.32. The zero-order valence-corrected chi connectivity index (χ0v) is 17.9. The summed E-state index contributed by atoms with van der Waals surface area (Å²) >= 11 is 1.29. The first kappa shape index (κ1) is 19.6. The van der Waals surface area contributed by atoms with Gasteiger partial charge in [-0.1, -0.05) is 0 Å². The lowest BCUT2D eigenvalue weighted by Gasteiger charge is -2.34. The highest BCUT2D eigenvalue weighted by Crippen LogP contribution is 2.33. The Labute approximate surface area is 170 Å². The van der Waals surface area contributed by atoms with E-state index in [2.05, 4.69) is 4.98 Å². The molecule has 0 radical (unpaired) electrons. The summed E-state index contributed by atoms with van der Waals surface area (Å²) in [5, 5.41) is 0. The van der Waals surface area contributed by atoms with Crippen LogP contribution in [0.5, 0.6) is 0 Å². The van der Waals surface area contributed by atoms with Crippen molar-refractivity contribution in [1.29, 1.82) is 0 Å². The smallest absolute Gasteiger partial charge is 0.252 e. The normalized spacial score (nSPS) is 21.0. The van der Waals surface area contributed by atoms with Gasteiger partial charge in [-0.25, -0.2) is 13.4 Å². The van der Waals surface area contributed by atoms with Crippen molar-refractivity contribution < 1.29 is 13.2 Å². The van der Waals surface area contributed by atoms with E-state index in [1.165, 1.54) is 15.6 Å². The van der Waals surface area contributed by atoms with Gasteiger partial charge in [0.15, 0.2) is 0 Å². The van der Waals surface area contributed by atoms with Gasteiger partial charge in [0.2, 0.25) is 5.91 Å². The lowest BCUT2D eigenvalue weighted by Crippen LogP contribution is -2.47. The zero-order chi connectivity index (χ0) is 19.9. The molecule has 1 amide bonds. The van der Waals surface area contributed by atoms with Crippen LogP contribution in [0.2, 0.25) is 0 Å². The number of aromatic nitrogens is 2.